The fourth-order valence-corrected chi connectivity index (χ4v) is 2.96. The number of benzene rings is 2. The molecular formula is C20H23FN2O2. The number of urea groups is 1. The van der Waals surface area contributed by atoms with Crippen LogP contribution in [0.5, 0.6) is 0 Å². The van der Waals surface area contributed by atoms with Crippen molar-refractivity contribution >= 4 is 11.7 Å². The Morgan fingerprint density at radius 1 is 1.20 bits per heavy atom. The second-order valence-electron chi connectivity index (χ2n) is 6.23. The highest BCUT2D eigenvalue weighted by atomic mass is 19.1. The Balaban J connectivity index is 1.60. The maximum Gasteiger partial charge on any atom is 0.322 e. The smallest absolute Gasteiger partial charge is 0.322 e. The minimum Gasteiger partial charge on any atom is -0.370 e. The van der Waals surface area contributed by atoms with E-state index in [9.17, 15) is 9.18 Å². The highest BCUT2D eigenvalue weighted by Crippen LogP contribution is 2.23. The van der Waals surface area contributed by atoms with E-state index in [0.29, 0.717) is 19.7 Å². The SMILES string of the molecule is CCCc1ccc(NC(=O)N2CCOC(c3ccc(F)cc3)C2)cc1. The zero-order chi connectivity index (χ0) is 17.6. The lowest BCUT2D eigenvalue weighted by molar-refractivity contribution is -0.0135. The monoisotopic (exact) mass is 342 g/mol. The van der Waals surface area contributed by atoms with Crippen LogP contribution < -0.4 is 5.32 Å². The lowest BCUT2D eigenvalue weighted by Crippen LogP contribution is -2.44. The second-order valence-corrected chi connectivity index (χ2v) is 6.23. The van der Waals surface area contributed by atoms with E-state index < -0.39 is 0 Å². The maximum atomic E-state index is 13.1. The summed E-state index contributed by atoms with van der Waals surface area (Å²) in [5.41, 5.74) is 2.93. The third-order valence-corrected chi connectivity index (χ3v) is 4.34. The van der Waals surface area contributed by atoms with Gasteiger partial charge in [0.25, 0.3) is 0 Å². The molecule has 1 aliphatic heterocycles. The first kappa shape index (κ1) is 17.4. The first-order valence-corrected chi connectivity index (χ1v) is 8.67. The molecule has 1 unspecified atom stereocenters. The summed E-state index contributed by atoms with van der Waals surface area (Å²) in [7, 11) is 0. The van der Waals surface area contributed by atoms with Crippen molar-refractivity contribution < 1.29 is 13.9 Å². The summed E-state index contributed by atoms with van der Waals surface area (Å²) >= 11 is 0. The number of morpholine rings is 1. The van der Waals surface area contributed by atoms with Gasteiger partial charge in [-0.3, -0.25) is 0 Å². The van der Waals surface area contributed by atoms with Crippen LogP contribution in [0.25, 0.3) is 0 Å². The summed E-state index contributed by atoms with van der Waals surface area (Å²) in [6.45, 7) is 3.60. The molecule has 0 spiro atoms. The average Bonchev–Trinajstić information content (AvgIpc) is 2.64. The number of anilines is 1. The van der Waals surface area contributed by atoms with Gasteiger partial charge in [-0.1, -0.05) is 37.6 Å². The summed E-state index contributed by atoms with van der Waals surface area (Å²) in [6, 6.07) is 14.0. The average molecular weight is 342 g/mol. The summed E-state index contributed by atoms with van der Waals surface area (Å²) in [5, 5.41) is 2.93. The Hall–Kier alpha value is -2.40. The van der Waals surface area contributed by atoms with Gasteiger partial charge in [-0.25, -0.2) is 9.18 Å². The molecule has 5 heteroatoms. The third-order valence-electron chi connectivity index (χ3n) is 4.34. The number of hydrogen-bond donors (Lipinski definition) is 1. The Labute approximate surface area is 147 Å². The molecule has 0 saturated carbocycles. The molecule has 1 atom stereocenters. The molecular weight excluding hydrogens is 319 g/mol. The number of carbonyl (C=O) groups is 1. The van der Waals surface area contributed by atoms with Crippen LogP contribution in [0.2, 0.25) is 0 Å². The summed E-state index contributed by atoms with van der Waals surface area (Å²) in [6.07, 6.45) is 1.91. The van der Waals surface area contributed by atoms with E-state index in [-0.39, 0.29) is 18.0 Å². The lowest BCUT2D eigenvalue weighted by atomic mass is 10.1. The predicted molar refractivity (Wildman–Crippen MR) is 96.1 cm³/mol. The van der Waals surface area contributed by atoms with Crippen molar-refractivity contribution in [2.75, 3.05) is 25.0 Å². The van der Waals surface area contributed by atoms with Crippen molar-refractivity contribution in [1.82, 2.24) is 4.90 Å². The second kappa shape index (κ2) is 8.12. The van der Waals surface area contributed by atoms with E-state index in [0.717, 1.165) is 24.1 Å². The van der Waals surface area contributed by atoms with Crippen molar-refractivity contribution in [3.05, 3.63) is 65.5 Å². The molecule has 1 aliphatic rings. The molecule has 132 valence electrons. The molecule has 4 nitrogen and oxygen atoms in total. The van der Waals surface area contributed by atoms with Crippen molar-refractivity contribution in [3.63, 3.8) is 0 Å². The van der Waals surface area contributed by atoms with Crippen LogP contribution in [-0.4, -0.2) is 30.6 Å². The van der Waals surface area contributed by atoms with Crippen LogP contribution in [0, 0.1) is 5.82 Å². The van der Waals surface area contributed by atoms with E-state index in [1.807, 2.05) is 24.3 Å². The van der Waals surface area contributed by atoms with Gasteiger partial charge in [0.2, 0.25) is 0 Å². The highest BCUT2D eigenvalue weighted by molar-refractivity contribution is 5.89. The number of hydrogen-bond acceptors (Lipinski definition) is 2. The number of rotatable bonds is 4. The zero-order valence-electron chi connectivity index (χ0n) is 14.4. The molecule has 0 bridgehead atoms. The number of ether oxygens (including phenoxy) is 1. The normalized spacial score (nSPS) is 17.4. The van der Waals surface area contributed by atoms with Gasteiger partial charge >= 0.3 is 6.03 Å². The van der Waals surface area contributed by atoms with E-state index in [2.05, 4.69) is 12.2 Å². The van der Waals surface area contributed by atoms with Crippen LogP contribution in [-0.2, 0) is 11.2 Å². The lowest BCUT2D eigenvalue weighted by Gasteiger charge is -2.33. The number of carbonyl (C=O) groups excluding carboxylic acids is 1. The molecule has 2 amide bonds. The molecule has 2 aromatic rings. The summed E-state index contributed by atoms with van der Waals surface area (Å²) in [4.78, 5) is 14.2. The van der Waals surface area contributed by atoms with E-state index >= 15 is 0 Å². The molecule has 0 radical (unpaired) electrons. The largest absolute Gasteiger partial charge is 0.370 e. The fourth-order valence-electron chi connectivity index (χ4n) is 2.96. The summed E-state index contributed by atoms with van der Waals surface area (Å²) in [5.74, 6) is -0.277. The van der Waals surface area contributed by atoms with Gasteiger partial charge in [-0.05, 0) is 41.8 Å². The summed E-state index contributed by atoms with van der Waals surface area (Å²) < 4.78 is 18.8. The van der Waals surface area contributed by atoms with Crippen LogP contribution in [0.1, 0.15) is 30.6 Å². The molecule has 1 heterocycles. The minimum absolute atomic E-state index is 0.140. The fraction of sp³-hybridized carbons (Fsp3) is 0.350. The van der Waals surface area contributed by atoms with Gasteiger partial charge in [0.15, 0.2) is 0 Å². The quantitative estimate of drug-likeness (QED) is 0.896. The van der Waals surface area contributed by atoms with Crippen LogP contribution in [0.3, 0.4) is 0 Å². The van der Waals surface area contributed by atoms with E-state index in [1.165, 1.54) is 17.7 Å². The third kappa shape index (κ3) is 4.57. The van der Waals surface area contributed by atoms with Crippen molar-refractivity contribution in [2.45, 2.75) is 25.9 Å². The van der Waals surface area contributed by atoms with Crippen molar-refractivity contribution in [1.29, 1.82) is 0 Å². The first-order valence-electron chi connectivity index (χ1n) is 8.67. The van der Waals surface area contributed by atoms with Crippen molar-refractivity contribution in [3.8, 4) is 0 Å². The molecule has 2 aromatic carbocycles. The standard InChI is InChI=1S/C20H23FN2O2/c1-2-3-15-4-10-18(11-5-15)22-20(24)23-12-13-25-19(14-23)16-6-8-17(21)9-7-16/h4-11,19H,2-3,12-14H2,1H3,(H,22,24). The maximum absolute atomic E-state index is 13.1. The Kier molecular flexibility index (Phi) is 5.66. The minimum atomic E-state index is -0.277. The number of nitrogens with one attached hydrogen (secondary N) is 1. The molecule has 3 rings (SSSR count). The molecule has 1 fully saturated rings. The predicted octanol–water partition coefficient (Wildman–Crippen LogP) is 4.38. The number of amides is 2. The Morgan fingerprint density at radius 2 is 1.92 bits per heavy atom. The highest BCUT2D eigenvalue weighted by Gasteiger charge is 2.25. The first-order chi connectivity index (χ1) is 12.2. The zero-order valence-corrected chi connectivity index (χ0v) is 14.4. The van der Waals surface area contributed by atoms with E-state index in [1.54, 1.807) is 17.0 Å². The van der Waals surface area contributed by atoms with Gasteiger partial charge < -0.3 is 15.0 Å². The Bertz CT molecular complexity index is 701. The van der Waals surface area contributed by atoms with Gasteiger partial charge in [0.1, 0.15) is 11.9 Å². The molecule has 25 heavy (non-hydrogen) atoms. The number of nitrogens with zero attached hydrogens (tertiary/aromatic N) is 1. The topological polar surface area (TPSA) is 41.6 Å². The molecule has 0 aliphatic carbocycles. The van der Waals surface area contributed by atoms with Gasteiger partial charge in [-0.15, -0.1) is 0 Å². The van der Waals surface area contributed by atoms with Gasteiger partial charge in [0, 0.05) is 12.2 Å². The van der Waals surface area contributed by atoms with Crippen LogP contribution in [0.4, 0.5) is 14.9 Å². The number of halogens is 1. The number of aryl methyl sites for hydroxylation is 1. The van der Waals surface area contributed by atoms with Gasteiger partial charge in [0.05, 0.1) is 13.2 Å². The van der Waals surface area contributed by atoms with Crippen LogP contribution in [0.15, 0.2) is 48.5 Å². The van der Waals surface area contributed by atoms with Gasteiger partial charge in [-0.2, -0.15) is 0 Å². The Morgan fingerprint density at radius 3 is 2.60 bits per heavy atom. The molecule has 0 aromatic heterocycles. The van der Waals surface area contributed by atoms with E-state index in [4.69, 9.17) is 4.74 Å². The van der Waals surface area contributed by atoms with Crippen LogP contribution >= 0.6 is 0 Å². The molecule has 1 N–H and O–H groups in total. The van der Waals surface area contributed by atoms with Crippen molar-refractivity contribution in [2.24, 2.45) is 0 Å². The molecule has 1 saturated heterocycles.